The van der Waals surface area contributed by atoms with Gasteiger partial charge in [-0.1, -0.05) is 42.5 Å². The predicted molar refractivity (Wildman–Crippen MR) is 74.2 cm³/mol. The van der Waals surface area contributed by atoms with Crippen LogP contribution in [0.25, 0.3) is 10.8 Å². The van der Waals surface area contributed by atoms with Crippen molar-refractivity contribution < 1.29 is 19.2 Å². The van der Waals surface area contributed by atoms with Gasteiger partial charge in [0.15, 0.2) is 0 Å². The van der Waals surface area contributed by atoms with Crippen LogP contribution in [0.2, 0.25) is 0 Å². The molecule has 0 aromatic heterocycles. The fourth-order valence-corrected chi connectivity index (χ4v) is 1.70. The van der Waals surface area contributed by atoms with Gasteiger partial charge in [0.05, 0.1) is 0 Å². The van der Waals surface area contributed by atoms with Crippen molar-refractivity contribution in [3.05, 3.63) is 48.0 Å². The first-order valence-electron chi connectivity index (χ1n) is 5.54. The second-order valence-electron chi connectivity index (χ2n) is 3.92. The summed E-state index contributed by atoms with van der Waals surface area (Å²) in [5.74, 6) is 0. The molecule has 0 fully saturated rings. The van der Waals surface area contributed by atoms with E-state index in [4.69, 9.17) is 30.7 Å². The summed E-state index contributed by atoms with van der Waals surface area (Å²) in [6.07, 6.45) is 0. The van der Waals surface area contributed by atoms with Gasteiger partial charge >= 0.3 is 7.82 Å². The molecule has 0 aliphatic heterocycles. The molecular weight excluding hydrogens is 267 g/mol. The molecule has 0 bridgehead atoms. The van der Waals surface area contributed by atoms with Crippen LogP contribution >= 0.6 is 7.82 Å². The Morgan fingerprint density at radius 3 is 2.16 bits per heavy atom. The summed E-state index contributed by atoms with van der Waals surface area (Å²) in [6, 6.07) is 14.3. The van der Waals surface area contributed by atoms with Crippen LogP contribution in [0.1, 0.15) is 11.6 Å². The van der Waals surface area contributed by atoms with Crippen molar-refractivity contribution in [1.82, 2.24) is 0 Å². The first-order valence-corrected chi connectivity index (χ1v) is 7.11. The zero-order chi connectivity index (χ0) is 14.5. The maximum Gasteiger partial charge on any atom is 0.466 e. The van der Waals surface area contributed by atoms with Gasteiger partial charge in [-0.25, -0.2) is 4.57 Å². The van der Waals surface area contributed by atoms with E-state index in [1.54, 1.807) is 0 Å². The van der Waals surface area contributed by atoms with E-state index in [1.165, 1.54) is 10.8 Å². The van der Waals surface area contributed by atoms with Gasteiger partial charge in [-0.3, -0.25) is 0 Å². The Bertz CT molecular complexity index is 571. The molecule has 104 valence electrons. The van der Waals surface area contributed by atoms with Crippen LogP contribution in [-0.4, -0.2) is 21.2 Å². The van der Waals surface area contributed by atoms with Crippen molar-refractivity contribution in [2.75, 3.05) is 6.54 Å². The van der Waals surface area contributed by atoms with Crippen LogP contribution in [0.5, 0.6) is 0 Å². The molecule has 0 spiro atoms. The molecule has 7 N–H and O–H groups in total. The highest BCUT2D eigenvalue weighted by molar-refractivity contribution is 7.45. The third-order valence-corrected chi connectivity index (χ3v) is 2.48. The molecule has 0 saturated carbocycles. The first-order chi connectivity index (χ1) is 8.83. The summed E-state index contributed by atoms with van der Waals surface area (Å²) < 4.78 is 8.88. The fraction of sp³-hybridized carbons (Fsp3) is 0.167. The maximum absolute atomic E-state index is 8.88. The van der Waals surface area contributed by atoms with E-state index in [0.29, 0.717) is 6.54 Å². The van der Waals surface area contributed by atoms with E-state index in [2.05, 4.69) is 18.2 Å². The van der Waals surface area contributed by atoms with Gasteiger partial charge in [0.2, 0.25) is 0 Å². The van der Waals surface area contributed by atoms with Gasteiger partial charge in [-0.2, -0.15) is 0 Å². The minimum Gasteiger partial charge on any atom is -0.329 e. The summed E-state index contributed by atoms with van der Waals surface area (Å²) in [5.41, 5.74) is 12.6. The molecule has 7 heteroatoms. The van der Waals surface area contributed by atoms with Gasteiger partial charge in [0.1, 0.15) is 0 Å². The van der Waals surface area contributed by atoms with Crippen molar-refractivity contribution >= 4 is 18.6 Å². The molecule has 2 aromatic carbocycles. The molecule has 1 unspecified atom stereocenters. The molecule has 1 atom stereocenters. The number of nitrogens with two attached hydrogens (primary N) is 2. The average Bonchev–Trinajstić information content (AvgIpc) is 2.35. The van der Waals surface area contributed by atoms with Gasteiger partial charge in [0.25, 0.3) is 0 Å². The van der Waals surface area contributed by atoms with Gasteiger partial charge in [0, 0.05) is 12.6 Å². The number of phosphoric acid groups is 1. The van der Waals surface area contributed by atoms with Crippen molar-refractivity contribution in [2.24, 2.45) is 11.5 Å². The van der Waals surface area contributed by atoms with Crippen molar-refractivity contribution in [1.29, 1.82) is 0 Å². The minimum atomic E-state index is -4.64. The zero-order valence-electron chi connectivity index (χ0n) is 10.2. The quantitative estimate of drug-likeness (QED) is 0.520. The third-order valence-electron chi connectivity index (χ3n) is 2.48. The molecule has 19 heavy (non-hydrogen) atoms. The summed E-state index contributed by atoms with van der Waals surface area (Å²) in [6.45, 7) is 0.480. The molecule has 0 aliphatic carbocycles. The molecule has 2 aromatic rings. The molecule has 2 rings (SSSR count). The maximum atomic E-state index is 8.88. The van der Waals surface area contributed by atoms with Crippen LogP contribution < -0.4 is 11.5 Å². The fourth-order valence-electron chi connectivity index (χ4n) is 1.70. The third kappa shape index (κ3) is 5.48. The molecular formula is C12H17N2O4P. The van der Waals surface area contributed by atoms with Crippen LogP contribution in [0.4, 0.5) is 0 Å². The Kier molecular flexibility index (Phi) is 5.62. The normalized spacial score (nSPS) is 12.7. The highest BCUT2D eigenvalue weighted by Crippen LogP contribution is 2.25. The number of fused-ring (bicyclic) bond motifs is 1. The van der Waals surface area contributed by atoms with Gasteiger partial charge in [-0.05, 0) is 16.3 Å². The Morgan fingerprint density at radius 2 is 1.58 bits per heavy atom. The van der Waals surface area contributed by atoms with E-state index in [-0.39, 0.29) is 6.04 Å². The highest BCUT2D eigenvalue weighted by Gasteiger charge is 2.06. The number of hydrogen-bond acceptors (Lipinski definition) is 3. The lowest BCUT2D eigenvalue weighted by Crippen LogP contribution is -2.20. The second kappa shape index (κ2) is 6.77. The standard InChI is InChI=1S/C12H14N2.H3O4P/c13-8-12(14)11-7-3-5-9-4-1-2-6-10(9)11;1-5(2,3)4/h1-7,12H,8,13-14H2;(H3,1,2,3,4). The number of rotatable bonds is 2. The van der Waals surface area contributed by atoms with E-state index < -0.39 is 7.82 Å². The molecule has 0 heterocycles. The van der Waals surface area contributed by atoms with E-state index in [9.17, 15) is 0 Å². The van der Waals surface area contributed by atoms with Crippen LogP contribution in [-0.2, 0) is 4.57 Å². The lowest BCUT2D eigenvalue weighted by atomic mass is 9.99. The van der Waals surface area contributed by atoms with Gasteiger partial charge < -0.3 is 26.1 Å². The highest BCUT2D eigenvalue weighted by atomic mass is 31.2. The lowest BCUT2D eigenvalue weighted by Gasteiger charge is -2.12. The summed E-state index contributed by atoms with van der Waals surface area (Å²) in [4.78, 5) is 21.6. The van der Waals surface area contributed by atoms with Crippen molar-refractivity contribution in [3.8, 4) is 0 Å². The largest absolute Gasteiger partial charge is 0.466 e. The zero-order valence-corrected chi connectivity index (χ0v) is 11.1. The Balaban J connectivity index is 0.000000312. The van der Waals surface area contributed by atoms with E-state index >= 15 is 0 Å². The Hall–Kier alpha value is -1.27. The second-order valence-corrected chi connectivity index (χ2v) is 4.95. The molecule has 0 radical (unpaired) electrons. The number of benzene rings is 2. The van der Waals surface area contributed by atoms with Crippen LogP contribution in [0.15, 0.2) is 42.5 Å². The Labute approximate surface area is 110 Å². The topological polar surface area (TPSA) is 130 Å². The van der Waals surface area contributed by atoms with Crippen LogP contribution in [0, 0.1) is 0 Å². The first kappa shape index (κ1) is 15.8. The average molecular weight is 284 g/mol. The smallest absolute Gasteiger partial charge is 0.329 e. The van der Waals surface area contributed by atoms with E-state index in [1.807, 2.05) is 24.3 Å². The van der Waals surface area contributed by atoms with Crippen molar-refractivity contribution in [2.45, 2.75) is 6.04 Å². The number of hydrogen-bond donors (Lipinski definition) is 5. The molecule has 0 aliphatic rings. The monoisotopic (exact) mass is 284 g/mol. The Morgan fingerprint density at radius 1 is 1.05 bits per heavy atom. The summed E-state index contributed by atoms with van der Waals surface area (Å²) >= 11 is 0. The minimum absolute atomic E-state index is 0.0684. The molecule has 0 amide bonds. The SMILES string of the molecule is NCC(N)c1cccc2ccccc12.O=P(O)(O)O. The van der Waals surface area contributed by atoms with Gasteiger partial charge in [-0.15, -0.1) is 0 Å². The van der Waals surface area contributed by atoms with Crippen LogP contribution in [0.3, 0.4) is 0 Å². The summed E-state index contributed by atoms with van der Waals surface area (Å²) in [7, 11) is -4.64. The van der Waals surface area contributed by atoms with E-state index in [0.717, 1.165) is 5.56 Å². The molecule has 0 saturated heterocycles. The van der Waals surface area contributed by atoms with Crippen molar-refractivity contribution in [3.63, 3.8) is 0 Å². The predicted octanol–water partition coefficient (Wildman–Crippen LogP) is 0.870. The summed E-state index contributed by atoms with van der Waals surface area (Å²) in [5, 5.41) is 2.42. The lowest BCUT2D eigenvalue weighted by molar-refractivity contribution is 0.275. The molecule has 6 nitrogen and oxygen atoms in total.